The Balaban J connectivity index is 1.49. The van der Waals surface area contributed by atoms with Crippen molar-refractivity contribution in [2.24, 2.45) is 5.73 Å². The molecule has 0 spiro atoms. The highest BCUT2D eigenvalue weighted by molar-refractivity contribution is 5.94. The van der Waals surface area contributed by atoms with Crippen LogP contribution in [0.5, 0.6) is 5.75 Å². The summed E-state index contributed by atoms with van der Waals surface area (Å²) < 4.78 is 5.54. The number of primary amides is 1. The number of benzene rings is 2. The second kappa shape index (κ2) is 9.75. The van der Waals surface area contributed by atoms with Gasteiger partial charge in [-0.2, -0.15) is 0 Å². The molecule has 1 fully saturated rings. The first-order valence-electron chi connectivity index (χ1n) is 11.6. The predicted molar refractivity (Wildman–Crippen MR) is 133 cm³/mol. The van der Waals surface area contributed by atoms with Crippen LogP contribution in [0.15, 0.2) is 48.7 Å². The van der Waals surface area contributed by atoms with Gasteiger partial charge in [-0.25, -0.2) is 0 Å². The summed E-state index contributed by atoms with van der Waals surface area (Å²) in [5.41, 5.74) is 14.3. The number of likely N-dealkylation sites (tertiary alicyclic amines) is 1. The highest BCUT2D eigenvalue weighted by atomic mass is 16.5. The zero-order valence-corrected chi connectivity index (χ0v) is 20.0. The maximum Gasteiger partial charge on any atom is 0.248 e. The average molecular weight is 444 g/mol. The number of nitrogens with two attached hydrogens (primary N) is 1. The number of hydrogen-bond donors (Lipinski definition) is 1. The third kappa shape index (κ3) is 4.93. The van der Waals surface area contributed by atoms with Gasteiger partial charge in [0.25, 0.3) is 0 Å². The Labute approximate surface area is 196 Å². The van der Waals surface area contributed by atoms with Crippen molar-refractivity contribution in [3.63, 3.8) is 0 Å². The summed E-state index contributed by atoms with van der Waals surface area (Å²) in [6.07, 6.45) is 4.23. The molecule has 5 nitrogen and oxygen atoms in total. The molecule has 2 heterocycles. The molecule has 1 saturated heterocycles. The number of piperidine rings is 1. The molecule has 1 atom stereocenters. The summed E-state index contributed by atoms with van der Waals surface area (Å²) in [5, 5.41) is 0. The predicted octanol–water partition coefficient (Wildman–Crippen LogP) is 5.16. The number of ether oxygens (including phenoxy) is 1. The molecule has 0 bridgehead atoms. The summed E-state index contributed by atoms with van der Waals surface area (Å²) in [4.78, 5) is 18.9. The number of nitrogens with zero attached hydrogens (tertiary/aromatic N) is 2. The summed E-state index contributed by atoms with van der Waals surface area (Å²) in [6, 6.07) is 13.8. The molecular weight excluding hydrogens is 410 g/mol. The van der Waals surface area contributed by atoms with Gasteiger partial charge in [0.2, 0.25) is 5.91 Å². The van der Waals surface area contributed by atoms with Gasteiger partial charge in [-0.3, -0.25) is 14.7 Å². The molecule has 2 aromatic carbocycles. The molecular formula is C28H33N3O2. The van der Waals surface area contributed by atoms with E-state index < -0.39 is 5.91 Å². The summed E-state index contributed by atoms with van der Waals surface area (Å²) in [6.45, 7) is 9.60. The molecule has 0 aliphatic carbocycles. The number of methoxy groups -OCH3 is 1. The molecule has 33 heavy (non-hydrogen) atoms. The van der Waals surface area contributed by atoms with Crippen LogP contribution in [-0.4, -0.2) is 36.0 Å². The first-order valence-corrected chi connectivity index (χ1v) is 11.6. The SMILES string of the molecule is COc1cc(C)c(CN2CCC[C@@H](c3ccc(-c4cccc(C(N)=O)c4)cn3)C2)c(C)c1C. The van der Waals surface area contributed by atoms with E-state index in [0.29, 0.717) is 11.5 Å². The minimum absolute atomic E-state index is 0.416. The van der Waals surface area contributed by atoms with Crippen LogP contribution in [0.1, 0.15) is 57.1 Å². The van der Waals surface area contributed by atoms with Crippen LogP contribution in [0.25, 0.3) is 11.1 Å². The fourth-order valence-electron chi connectivity index (χ4n) is 4.89. The molecule has 1 aliphatic heterocycles. The van der Waals surface area contributed by atoms with Gasteiger partial charge in [0.1, 0.15) is 5.75 Å². The minimum Gasteiger partial charge on any atom is -0.496 e. The number of aryl methyl sites for hydroxylation is 1. The number of aromatic nitrogens is 1. The number of carbonyl (C=O) groups excluding carboxylic acids is 1. The monoisotopic (exact) mass is 443 g/mol. The summed E-state index contributed by atoms with van der Waals surface area (Å²) in [7, 11) is 1.74. The van der Waals surface area contributed by atoms with Gasteiger partial charge in [0, 0.05) is 42.0 Å². The van der Waals surface area contributed by atoms with E-state index in [1.807, 2.05) is 24.4 Å². The second-order valence-corrected chi connectivity index (χ2v) is 9.12. The van der Waals surface area contributed by atoms with Gasteiger partial charge < -0.3 is 10.5 Å². The minimum atomic E-state index is -0.416. The number of amides is 1. The molecule has 1 aliphatic rings. The Morgan fingerprint density at radius 1 is 1.12 bits per heavy atom. The standard InChI is InChI=1S/C28H33N3O2/c1-18-13-27(33-4)20(3)19(2)25(18)17-31-12-6-9-24(16-31)26-11-10-23(15-30-26)21-7-5-8-22(14-21)28(29)32/h5,7-8,10-11,13-15,24H,6,9,12,16-17H2,1-4H3,(H2,29,32)/t24-/m1/s1. The van der Waals surface area contributed by atoms with Crippen molar-refractivity contribution in [3.8, 4) is 16.9 Å². The number of pyridine rings is 1. The molecule has 4 rings (SSSR count). The molecule has 1 aromatic heterocycles. The molecule has 0 unspecified atom stereocenters. The lowest BCUT2D eigenvalue weighted by atomic mass is 9.92. The Kier molecular flexibility index (Phi) is 6.80. The smallest absolute Gasteiger partial charge is 0.248 e. The van der Waals surface area contributed by atoms with E-state index in [-0.39, 0.29) is 0 Å². The van der Waals surface area contributed by atoms with E-state index >= 15 is 0 Å². The number of hydrogen-bond acceptors (Lipinski definition) is 4. The van der Waals surface area contributed by atoms with Crippen molar-refractivity contribution in [1.29, 1.82) is 0 Å². The fourth-order valence-corrected chi connectivity index (χ4v) is 4.89. The topological polar surface area (TPSA) is 68.5 Å². The van der Waals surface area contributed by atoms with E-state index in [4.69, 9.17) is 15.5 Å². The molecule has 2 N–H and O–H groups in total. The van der Waals surface area contributed by atoms with Crippen LogP contribution in [0.3, 0.4) is 0 Å². The van der Waals surface area contributed by atoms with E-state index in [1.165, 1.54) is 28.7 Å². The maximum atomic E-state index is 11.5. The van der Waals surface area contributed by atoms with Crippen molar-refractivity contribution in [2.45, 2.75) is 46.1 Å². The van der Waals surface area contributed by atoms with E-state index in [1.54, 1.807) is 13.2 Å². The molecule has 172 valence electrons. The van der Waals surface area contributed by atoms with Gasteiger partial charge in [0.05, 0.1) is 7.11 Å². The Bertz CT molecular complexity index is 1150. The van der Waals surface area contributed by atoms with Crippen LogP contribution >= 0.6 is 0 Å². The quantitative estimate of drug-likeness (QED) is 0.571. The van der Waals surface area contributed by atoms with Gasteiger partial charge in [-0.1, -0.05) is 18.2 Å². The van der Waals surface area contributed by atoms with Crippen LogP contribution in [0.4, 0.5) is 0 Å². The maximum absolute atomic E-state index is 11.5. The van der Waals surface area contributed by atoms with Gasteiger partial charge in [0.15, 0.2) is 0 Å². The van der Waals surface area contributed by atoms with Crippen molar-refractivity contribution in [3.05, 3.63) is 82.2 Å². The summed E-state index contributed by atoms with van der Waals surface area (Å²) in [5.74, 6) is 0.974. The van der Waals surface area contributed by atoms with Crippen molar-refractivity contribution in [2.75, 3.05) is 20.2 Å². The fraction of sp³-hybridized carbons (Fsp3) is 0.357. The lowest BCUT2D eigenvalue weighted by Crippen LogP contribution is -2.34. The Morgan fingerprint density at radius 2 is 1.94 bits per heavy atom. The average Bonchev–Trinajstić information content (AvgIpc) is 2.84. The van der Waals surface area contributed by atoms with Crippen molar-refractivity contribution in [1.82, 2.24) is 9.88 Å². The van der Waals surface area contributed by atoms with Crippen molar-refractivity contribution < 1.29 is 9.53 Å². The number of carbonyl (C=O) groups is 1. The van der Waals surface area contributed by atoms with E-state index in [0.717, 1.165) is 48.6 Å². The largest absolute Gasteiger partial charge is 0.496 e. The zero-order valence-electron chi connectivity index (χ0n) is 20.0. The summed E-state index contributed by atoms with van der Waals surface area (Å²) >= 11 is 0. The molecule has 0 radical (unpaired) electrons. The van der Waals surface area contributed by atoms with Crippen molar-refractivity contribution >= 4 is 5.91 Å². The molecule has 0 saturated carbocycles. The third-order valence-electron chi connectivity index (χ3n) is 7.00. The highest BCUT2D eigenvalue weighted by Gasteiger charge is 2.24. The lowest BCUT2D eigenvalue weighted by Gasteiger charge is -2.33. The first-order chi connectivity index (χ1) is 15.9. The van der Waals surface area contributed by atoms with E-state index in [9.17, 15) is 4.79 Å². The Hall–Kier alpha value is -3.18. The third-order valence-corrected chi connectivity index (χ3v) is 7.00. The second-order valence-electron chi connectivity index (χ2n) is 9.12. The number of rotatable bonds is 6. The van der Waals surface area contributed by atoms with Gasteiger partial charge >= 0.3 is 0 Å². The van der Waals surface area contributed by atoms with Crippen LogP contribution < -0.4 is 10.5 Å². The van der Waals surface area contributed by atoms with Crippen LogP contribution in [0.2, 0.25) is 0 Å². The zero-order chi connectivity index (χ0) is 23.5. The molecule has 3 aromatic rings. The van der Waals surface area contributed by atoms with Gasteiger partial charge in [-0.05, 0) is 92.2 Å². The highest BCUT2D eigenvalue weighted by Crippen LogP contribution is 2.32. The molecule has 5 heteroatoms. The first kappa shape index (κ1) is 23.0. The Morgan fingerprint density at radius 3 is 2.64 bits per heavy atom. The van der Waals surface area contributed by atoms with E-state index in [2.05, 4.69) is 43.9 Å². The van der Waals surface area contributed by atoms with Crippen LogP contribution in [0, 0.1) is 20.8 Å². The lowest BCUT2D eigenvalue weighted by molar-refractivity contribution is 0.100. The van der Waals surface area contributed by atoms with Gasteiger partial charge in [-0.15, -0.1) is 0 Å². The molecule has 1 amide bonds. The van der Waals surface area contributed by atoms with Crippen LogP contribution in [-0.2, 0) is 6.54 Å². The normalized spacial score (nSPS) is 16.5.